The van der Waals surface area contributed by atoms with Crippen LogP contribution in [0.3, 0.4) is 0 Å². The topological polar surface area (TPSA) is 75.4 Å². The van der Waals surface area contributed by atoms with Crippen molar-refractivity contribution in [1.82, 2.24) is 10.3 Å². The van der Waals surface area contributed by atoms with Crippen molar-refractivity contribution in [2.75, 3.05) is 6.54 Å². The summed E-state index contributed by atoms with van der Waals surface area (Å²) in [6.07, 6.45) is 1.61. The Morgan fingerprint density at radius 3 is 2.70 bits per heavy atom. The van der Waals surface area contributed by atoms with Crippen molar-refractivity contribution >= 4 is 5.91 Å². The summed E-state index contributed by atoms with van der Waals surface area (Å²) < 4.78 is 18.2. The van der Waals surface area contributed by atoms with E-state index >= 15 is 0 Å². The van der Waals surface area contributed by atoms with Crippen LogP contribution in [-0.2, 0) is 11.2 Å². The summed E-state index contributed by atoms with van der Waals surface area (Å²) in [5, 5.41) is 12.4. The molecule has 1 heterocycles. The minimum atomic E-state index is -0.424. The number of halogens is 1. The second-order valence-electron chi connectivity index (χ2n) is 5.78. The molecular weight excluding hydrogens is 299 g/mol. The summed E-state index contributed by atoms with van der Waals surface area (Å²) >= 11 is 0. The fraction of sp³-hybridized carbons (Fsp3) is 0.412. The van der Waals surface area contributed by atoms with Gasteiger partial charge in [-0.1, -0.05) is 13.8 Å². The molecular formula is C17H21FN2O3. The first-order chi connectivity index (χ1) is 11.0. The maximum absolute atomic E-state index is 12.9. The molecule has 1 unspecified atom stereocenters. The summed E-state index contributed by atoms with van der Waals surface area (Å²) in [6.45, 7) is 4.28. The molecule has 0 aliphatic heterocycles. The number of nitrogens with one attached hydrogen (secondary N) is 1. The van der Waals surface area contributed by atoms with Gasteiger partial charge in [-0.05, 0) is 36.6 Å². The molecule has 1 amide bonds. The van der Waals surface area contributed by atoms with Gasteiger partial charge in [0, 0.05) is 12.1 Å². The minimum Gasteiger partial charge on any atom is -0.444 e. The predicted octanol–water partition coefficient (Wildman–Crippen LogP) is 2.55. The summed E-state index contributed by atoms with van der Waals surface area (Å²) in [6, 6.07) is 5.79. The molecule has 0 fully saturated rings. The lowest BCUT2D eigenvalue weighted by Gasteiger charge is -2.14. The Kier molecular flexibility index (Phi) is 5.87. The first-order valence-corrected chi connectivity index (χ1v) is 7.61. The quantitative estimate of drug-likeness (QED) is 0.822. The van der Waals surface area contributed by atoms with Crippen LogP contribution in [0.2, 0.25) is 0 Å². The normalized spacial score (nSPS) is 12.4. The Morgan fingerprint density at radius 1 is 1.35 bits per heavy atom. The zero-order valence-electron chi connectivity index (χ0n) is 13.3. The average molecular weight is 320 g/mol. The van der Waals surface area contributed by atoms with E-state index in [1.165, 1.54) is 18.4 Å². The minimum absolute atomic E-state index is 0.0997. The maximum atomic E-state index is 12.9. The van der Waals surface area contributed by atoms with Gasteiger partial charge in [-0.15, -0.1) is 0 Å². The van der Waals surface area contributed by atoms with E-state index in [1.807, 2.05) is 13.8 Å². The first kappa shape index (κ1) is 17.1. The highest BCUT2D eigenvalue weighted by Gasteiger charge is 2.12. The monoisotopic (exact) mass is 320 g/mol. The van der Waals surface area contributed by atoms with Crippen molar-refractivity contribution in [1.29, 1.82) is 0 Å². The SMILES string of the molecule is CC(C)C(O)CCNC(=O)Cc1coc(-c2ccc(F)cc2)n1. The van der Waals surface area contributed by atoms with Gasteiger partial charge in [0.05, 0.1) is 18.2 Å². The van der Waals surface area contributed by atoms with E-state index in [4.69, 9.17) is 4.42 Å². The van der Waals surface area contributed by atoms with Gasteiger partial charge in [0.1, 0.15) is 12.1 Å². The molecule has 0 spiro atoms. The highest BCUT2D eigenvalue weighted by Crippen LogP contribution is 2.19. The molecule has 0 aliphatic rings. The molecule has 6 heteroatoms. The Morgan fingerprint density at radius 2 is 2.04 bits per heavy atom. The lowest BCUT2D eigenvalue weighted by Crippen LogP contribution is -2.29. The number of nitrogens with zero attached hydrogens (tertiary/aromatic N) is 1. The highest BCUT2D eigenvalue weighted by molar-refractivity contribution is 5.78. The second kappa shape index (κ2) is 7.87. The number of aliphatic hydroxyl groups is 1. The number of hydrogen-bond acceptors (Lipinski definition) is 4. The molecule has 0 bridgehead atoms. The molecule has 5 nitrogen and oxygen atoms in total. The van der Waals surface area contributed by atoms with E-state index in [2.05, 4.69) is 10.3 Å². The number of carbonyl (C=O) groups excluding carboxylic acids is 1. The van der Waals surface area contributed by atoms with Crippen LogP contribution in [-0.4, -0.2) is 28.6 Å². The standard InChI is InChI=1S/C17H21FN2O3/c1-11(2)15(21)7-8-19-16(22)9-14-10-23-17(20-14)12-3-5-13(18)6-4-12/h3-6,10-11,15,21H,7-9H2,1-2H3,(H,19,22). The van der Waals surface area contributed by atoms with Gasteiger partial charge in [-0.2, -0.15) is 0 Å². The van der Waals surface area contributed by atoms with Crippen LogP contribution in [0.1, 0.15) is 26.0 Å². The second-order valence-corrected chi connectivity index (χ2v) is 5.78. The van der Waals surface area contributed by atoms with Gasteiger partial charge in [0.25, 0.3) is 0 Å². The van der Waals surface area contributed by atoms with Gasteiger partial charge in [0.2, 0.25) is 11.8 Å². The largest absolute Gasteiger partial charge is 0.444 e. The van der Waals surface area contributed by atoms with E-state index in [-0.39, 0.29) is 24.1 Å². The summed E-state index contributed by atoms with van der Waals surface area (Å²) in [5.74, 6) is 0.00662. The van der Waals surface area contributed by atoms with Crippen LogP contribution >= 0.6 is 0 Å². The lowest BCUT2D eigenvalue weighted by atomic mass is 10.0. The third kappa shape index (κ3) is 5.17. The molecule has 1 atom stereocenters. The molecule has 0 saturated heterocycles. The molecule has 0 aliphatic carbocycles. The maximum Gasteiger partial charge on any atom is 0.226 e. The van der Waals surface area contributed by atoms with Crippen molar-refractivity contribution in [3.8, 4) is 11.5 Å². The van der Waals surface area contributed by atoms with Gasteiger partial charge in [-0.25, -0.2) is 9.37 Å². The van der Waals surface area contributed by atoms with Gasteiger partial charge >= 0.3 is 0 Å². The number of aliphatic hydroxyl groups excluding tert-OH is 1. The molecule has 1 aromatic carbocycles. The van der Waals surface area contributed by atoms with Crippen LogP contribution < -0.4 is 5.32 Å². The Labute approximate surface area is 134 Å². The molecule has 23 heavy (non-hydrogen) atoms. The molecule has 2 aromatic rings. The van der Waals surface area contributed by atoms with Crippen molar-refractivity contribution in [3.63, 3.8) is 0 Å². The molecule has 2 rings (SSSR count). The fourth-order valence-corrected chi connectivity index (χ4v) is 2.03. The zero-order valence-corrected chi connectivity index (χ0v) is 13.3. The number of carbonyl (C=O) groups is 1. The predicted molar refractivity (Wildman–Crippen MR) is 84.1 cm³/mol. The van der Waals surface area contributed by atoms with E-state index in [1.54, 1.807) is 12.1 Å². The average Bonchev–Trinajstić information content (AvgIpc) is 2.96. The van der Waals surface area contributed by atoms with Crippen molar-refractivity contribution in [2.45, 2.75) is 32.8 Å². The third-order valence-electron chi connectivity index (χ3n) is 3.52. The molecule has 0 saturated carbocycles. The van der Waals surface area contributed by atoms with Crippen LogP contribution in [0.25, 0.3) is 11.5 Å². The van der Waals surface area contributed by atoms with Crippen LogP contribution in [0, 0.1) is 11.7 Å². The zero-order chi connectivity index (χ0) is 16.8. The van der Waals surface area contributed by atoms with E-state index in [9.17, 15) is 14.3 Å². The van der Waals surface area contributed by atoms with E-state index in [0.717, 1.165) is 0 Å². The van der Waals surface area contributed by atoms with Crippen molar-refractivity contribution in [2.24, 2.45) is 5.92 Å². The Hall–Kier alpha value is -2.21. The first-order valence-electron chi connectivity index (χ1n) is 7.61. The Balaban J connectivity index is 1.84. The number of rotatable bonds is 7. The van der Waals surface area contributed by atoms with Gasteiger partial charge in [-0.3, -0.25) is 4.79 Å². The van der Waals surface area contributed by atoms with Gasteiger partial charge in [0.15, 0.2) is 0 Å². The number of benzene rings is 1. The number of hydrogen-bond donors (Lipinski definition) is 2. The van der Waals surface area contributed by atoms with Crippen LogP contribution in [0.5, 0.6) is 0 Å². The van der Waals surface area contributed by atoms with E-state index in [0.29, 0.717) is 30.1 Å². The lowest BCUT2D eigenvalue weighted by molar-refractivity contribution is -0.120. The smallest absolute Gasteiger partial charge is 0.226 e. The summed E-state index contributed by atoms with van der Waals surface area (Å²) in [4.78, 5) is 16.1. The third-order valence-corrected chi connectivity index (χ3v) is 3.52. The highest BCUT2D eigenvalue weighted by atomic mass is 19.1. The van der Waals surface area contributed by atoms with E-state index < -0.39 is 6.10 Å². The van der Waals surface area contributed by atoms with Crippen LogP contribution in [0.15, 0.2) is 34.9 Å². The summed E-state index contributed by atoms with van der Waals surface area (Å²) in [7, 11) is 0. The molecule has 0 radical (unpaired) electrons. The molecule has 2 N–H and O–H groups in total. The van der Waals surface area contributed by atoms with Crippen molar-refractivity contribution < 1.29 is 18.7 Å². The molecule has 124 valence electrons. The number of aromatic nitrogens is 1. The fourth-order valence-electron chi connectivity index (χ4n) is 2.03. The van der Waals surface area contributed by atoms with Crippen molar-refractivity contribution in [3.05, 3.63) is 42.0 Å². The van der Waals surface area contributed by atoms with Crippen LogP contribution in [0.4, 0.5) is 4.39 Å². The summed E-state index contributed by atoms with van der Waals surface area (Å²) in [5.41, 5.74) is 1.16. The number of amides is 1. The number of oxazole rings is 1. The molecule has 1 aromatic heterocycles. The Bertz CT molecular complexity index is 638. The van der Waals surface area contributed by atoms with Gasteiger partial charge < -0.3 is 14.8 Å².